The fourth-order valence-corrected chi connectivity index (χ4v) is 4.17. The molecule has 0 spiro atoms. The van der Waals surface area contributed by atoms with Crippen molar-refractivity contribution in [2.75, 3.05) is 19.0 Å². The zero-order valence-corrected chi connectivity index (χ0v) is 18.7. The molecule has 5 rings (SSSR count). The van der Waals surface area contributed by atoms with Crippen molar-refractivity contribution in [2.45, 2.75) is 6.92 Å². The number of pyridine rings is 1. The number of nitrogens with zero attached hydrogens (tertiary/aromatic N) is 1. The monoisotopic (exact) mass is 440 g/mol. The Labute approximate surface area is 191 Å². The van der Waals surface area contributed by atoms with Crippen molar-refractivity contribution in [1.29, 1.82) is 0 Å². The minimum atomic E-state index is -0.128. The number of nitrogens with one attached hydrogen (secondary N) is 1. The second kappa shape index (κ2) is 8.39. The van der Waals surface area contributed by atoms with Gasteiger partial charge in [0.2, 0.25) is 5.88 Å². The van der Waals surface area contributed by atoms with Crippen LogP contribution in [0.1, 0.15) is 6.92 Å². The first-order valence-electron chi connectivity index (χ1n) is 10.8. The fraction of sp³-hybridized carbons (Fsp3) is 0.148. The number of para-hydroxylation sites is 2. The predicted molar refractivity (Wildman–Crippen MR) is 132 cm³/mol. The summed E-state index contributed by atoms with van der Waals surface area (Å²) in [6.45, 7) is 2.45. The van der Waals surface area contributed by atoms with E-state index in [1.807, 2.05) is 79.7 Å². The summed E-state index contributed by atoms with van der Waals surface area (Å²) in [7, 11) is 3.38. The Morgan fingerprint density at radius 2 is 1.73 bits per heavy atom. The van der Waals surface area contributed by atoms with Crippen LogP contribution >= 0.6 is 0 Å². The van der Waals surface area contributed by atoms with Crippen LogP contribution in [0.25, 0.3) is 33.0 Å². The van der Waals surface area contributed by atoms with E-state index < -0.39 is 0 Å². The van der Waals surface area contributed by atoms with Gasteiger partial charge in [-0.25, -0.2) is 0 Å². The number of furan rings is 1. The average molecular weight is 440 g/mol. The molecule has 0 radical (unpaired) electrons. The molecule has 0 amide bonds. The molecule has 3 aromatic carbocycles. The van der Waals surface area contributed by atoms with Crippen molar-refractivity contribution in [3.63, 3.8) is 0 Å². The Morgan fingerprint density at radius 1 is 0.970 bits per heavy atom. The minimum absolute atomic E-state index is 0.128. The van der Waals surface area contributed by atoms with Gasteiger partial charge in [0.15, 0.2) is 17.1 Å². The summed E-state index contributed by atoms with van der Waals surface area (Å²) in [6.07, 6.45) is 0. The largest absolute Gasteiger partial charge is 0.493 e. The SMILES string of the molecule is CCOc1ccc(-c2c(Nc3ccccc3)oc3c2c(=O)n(C)c2ccccc32)cc1OC. The molecule has 0 aliphatic carbocycles. The summed E-state index contributed by atoms with van der Waals surface area (Å²) in [5, 5.41) is 4.75. The van der Waals surface area contributed by atoms with Gasteiger partial charge < -0.3 is 23.8 Å². The van der Waals surface area contributed by atoms with E-state index in [-0.39, 0.29) is 5.56 Å². The molecule has 0 saturated heterocycles. The van der Waals surface area contributed by atoms with E-state index in [0.29, 0.717) is 40.5 Å². The van der Waals surface area contributed by atoms with Crippen LogP contribution in [0.5, 0.6) is 11.5 Å². The molecule has 1 N–H and O–H groups in total. The van der Waals surface area contributed by atoms with Gasteiger partial charge >= 0.3 is 0 Å². The predicted octanol–water partition coefficient (Wildman–Crippen LogP) is 6.10. The van der Waals surface area contributed by atoms with Gasteiger partial charge in [0, 0.05) is 18.1 Å². The van der Waals surface area contributed by atoms with Gasteiger partial charge in [-0.1, -0.05) is 36.4 Å². The van der Waals surface area contributed by atoms with E-state index in [0.717, 1.165) is 22.2 Å². The van der Waals surface area contributed by atoms with Crippen LogP contribution in [-0.2, 0) is 7.05 Å². The quantitative estimate of drug-likeness (QED) is 0.345. The molecular weight excluding hydrogens is 416 g/mol. The lowest BCUT2D eigenvalue weighted by Gasteiger charge is -2.12. The molecule has 0 unspecified atom stereocenters. The number of aryl methyl sites for hydroxylation is 1. The van der Waals surface area contributed by atoms with E-state index in [4.69, 9.17) is 13.9 Å². The first kappa shape index (κ1) is 20.7. The summed E-state index contributed by atoms with van der Waals surface area (Å²) in [6, 6.07) is 23.1. The number of ether oxygens (including phenoxy) is 2. The average Bonchev–Trinajstić information content (AvgIpc) is 3.23. The topological polar surface area (TPSA) is 65.6 Å². The number of fused-ring (bicyclic) bond motifs is 3. The summed E-state index contributed by atoms with van der Waals surface area (Å²) in [4.78, 5) is 13.5. The van der Waals surface area contributed by atoms with E-state index in [1.54, 1.807) is 18.7 Å². The molecule has 166 valence electrons. The standard InChI is InChI=1S/C27H24N2O4/c1-4-32-21-15-14-17(16-22(21)31-3)23-24-25(33-26(23)28-18-10-6-5-7-11-18)19-12-8-9-13-20(19)29(2)27(24)30/h5-16,28H,4H2,1-3H3. The Bertz CT molecular complexity index is 1520. The second-order valence-electron chi connectivity index (χ2n) is 7.68. The molecule has 5 aromatic rings. The molecule has 0 bridgehead atoms. The summed E-state index contributed by atoms with van der Waals surface area (Å²) in [5.41, 5.74) is 3.57. The van der Waals surface area contributed by atoms with Crippen LogP contribution < -0.4 is 20.3 Å². The number of aromatic nitrogens is 1. The van der Waals surface area contributed by atoms with Crippen molar-refractivity contribution in [3.8, 4) is 22.6 Å². The van der Waals surface area contributed by atoms with Crippen molar-refractivity contribution < 1.29 is 13.9 Å². The van der Waals surface area contributed by atoms with E-state index in [9.17, 15) is 4.79 Å². The Kier molecular flexibility index (Phi) is 5.26. The van der Waals surface area contributed by atoms with Gasteiger partial charge in [-0.2, -0.15) is 0 Å². The van der Waals surface area contributed by atoms with Gasteiger partial charge in [-0.15, -0.1) is 0 Å². The summed E-state index contributed by atoms with van der Waals surface area (Å²) in [5.74, 6) is 1.73. The zero-order valence-electron chi connectivity index (χ0n) is 18.7. The molecule has 0 aliphatic rings. The number of rotatable bonds is 6. The van der Waals surface area contributed by atoms with Crippen LogP contribution in [0.15, 0.2) is 82.0 Å². The lowest BCUT2D eigenvalue weighted by Crippen LogP contribution is -2.17. The lowest BCUT2D eigenvalue weighted by atomic mass is 10.0. The third kappa shape index (κ3) is 3.49. The summed E-state index contributed by atoms with van der Waals surface area (Å²) < 4.78 is 19.3. The van der Waals surface area contributed by atoms with Crippen molar-refractivity contribution in [2.24, 2.45) is 7.05 Å². The number of hydrogen-bond acceptors (Lipinski definition) is 5. The van der Waals surface area contributed by atoms with Crippen LogP contribution in [0, 0.1) is 0 Å². The molecule has 0 atom stereocenters. The fourth-order valence-electron chi connectivity index (χ4n) is 4.17. The van der Waals surface area contributed by atoms with E-state index in [1.165, 1.54) is 0 Å². The molecule has 0 saturated carbocycles. The number of methoxy groups -OCH3 is 1. The molecule has 6 heteroatoms. The normalized spacial score (nSPS) is 11.1. The molecule has 0 aliphatic heterocycles. The van der Waals surface area contributed by atoms with Crippen LogP contribution in [0.2, 0.25) is 0 Å². The number of benzene rings is 3. The van der Waals surface area contributed by atoms with E-state index in [2.05, 4.69) is 5.32 Å². The van der Waals surface area contributed by atoms with Gasteiger partial charge in [0.05, 0.1) is 30.2 Å². The highest BCUT2D eigenvalue weighted by Gasteiger charge is 2.23. The maximum absolute atomic E-state index is 13.5. The Morgan fingerprint density at radius 3 is 2.48 bits per heavy atom. The third-order valence-electron chi connectivity index (χ3n) is 5.72. The number of anilines is 2. The lowest BCUT2D eigenvalue weighted by molar-refractivity contribution is 0.311. The zero-order chi connectivity index (χ0) is 22.9. The molecular formula is C27H24N2O4. The minimum Gasteiger partial charge on any atom is -0.493 e. The van der Waals surface area contributed by atoms with Gasteiger partial charge in [0.1, 0.15) is 0 Å². The van der Waals surface area contributed by atoms with Crippen molar-refractivity contribution in [3.05, 3.63) is 83.2 Å². The highest BCUT2D eigenvalue weighted by molar-refractivity contribution is 6.11. The van der Waals surface area contributed by atoms with Crippen LogP contribution in [-0.4, -0.2) is 18.3 Å². The smallest absolute Gasteiger partial charge is 0.262 e. The first-order chi connectivity index (χ1) is 16.1. The molecule has 0 fully saturated rings. The Balaban J connectivity index is 1.84. The maximum Gasteiger partial charge on any atom is 0.262 e. The highest BCUT2D eigenvalue weighted by Crippen LogP contribution is 2.43. The molecule has 6 nitrogen and oxygen atoms in total. The summed E-state index contributed by atoms with van der Waals surface area (Å²) >= 11 is 0. The van der Waals surface area contributed by atoms with Gasteiger partial charge in [0.25, 0.3) is 5.56 Å². The van der Waals surface area contributed by atoms with Crippen molar-refractivity contribution in [1.82, 2.24) is 4.57 Å². The molecule has 2 heterocycles. The Hall–Kier alpha value is -4.19. The maximum atomic E-state index is 13.5. The van der Waals surface area contributed by atoms with Crippen molar-refractivity contribution >= 4 is 33.4 Å². The highest BCUT2D eigenvalue weighted by atomic mass is 16.5. The second-order valence-corrected chi connectivity index (χ2v) is 7.68. The van der Waals surface area contributed by atoms with Crippen LogP contribution in [0.3, 0.4) is 0 Å². The van der Waals surface area contributed by atoms with Crippen LogP contribution in [0.4, 0.5) is 11.6 Å². The third-order valence-corrected chi connectivity index (χ3v) is 5.72. The number of hydrogen-bond donors (Lipinski definition) is 1. The molecule has 33 heavy (non-hydrogen) atoms. The molecule has 2 aromatic heterocycles. The van der Waals surface area contributed by atoms with Gasteiger partial charge in [-0.05, 0) is 48.9 Å². The first-order valence-corrected chi connectivity index (χ1v) is 10.8. The van der Waals surface area contributed by atoms with E-state index >= 15 is 0 Å². The van der Waals surface area contributed by atoms with Gasteiger partial charge in [-0.3, -0.25) is 4.79 Å².